The molecule has 4 nitrogen and oxygen atoms in total. The highest BCUT2D eigenvalue weighted by molar-refractivity contribution is 14.1. The van der Waals surface area contributed by atoms with Gasteiger partial charge in [0, 0.05) is 47.8 Å². The van der Waals surface area contributed by atoms with Crippen molar-refractivity contribution < 1.29 is 7.80 Å². The van der Waals surface area contributed by atoms with Crippen LogP contribution in [0.15, 0.2) is 18.3 Å². The number of halogens is 2. The van der Waals surface area contributed by atoms with Crippen LogP contribution in [-0.4, -0.2) is 17.1 Å². The van der Waals surface area contributed by atoms with Crippen LogP contribution in [0.3, 0.4) is 0 Å². The van der Waals surface area contributed by atoms with Gasteiger partial charge >= 0.3 is 0 Å². The number of hydrogen-bond acceptors (Lipinski definition) is 4. The molecule has 1 aromatic heterocycles. The highest BCUT2D eigenvalue weighted by atomic mass is 127. The second-order valence-electron chi connectivity index (χ2n) is 3.43. The molecule has 1 aliphatic carbocycles. The number of hydrogen-bond donors (Lipinski definition) is 1. The summed E-state index contributed by atoms with van der Waals surface area (Å²) in [6, 6.07) is 4.27. The summed E-state index contributed by atoms with van der Waals surface area (Å²) >= 11 is 4.00. The molecule has 0 radical (unpaired) electrons. The molecule has 1 saturated carbocycles. The Bertz CT molecular complexity index is 314. The molecule has 82 valence electrons. The van der Waals surface area contributed by atoms with Gasteiger partial charge in [-0.1, -0.05) is 0 Å². The minimum Gasteiger partial charge on any atom is -0.474 e. The van der Waals surface area contributed by atoms with Crippen molar-refractivity contribution in [2.45, 2.75) is 25.0 Å². The maximum Gasteiger partial charge on any atom is 0.213 e. The van der Waals surface area contributed by atoms with Gasteiger partial charge in [0.05, 0.1) is 6.20 Å². The normalized spacial score (nSPS) is 24.4. The Morgan fingerprint density at radius 2 is 2.20 bits per heavy atom. The number of aromatic nitrogens is 1. The zero-order chi connectivity index (χ0) is 10.7. The Hall–Kier alpha value is 0.170. The van der Waals surface area contributed by atoms with E-state index in [2.05, 4.69) is 31.4 Å². The molecule has 0 atom stereocenters. The van der Waals surface area contributed by atoms with Crippen molar-refractivity contribution in [3.63, 3.8) is 0 Å². The molecule has 0 unspecified atom stereocenters. The highest BCUT2D eigenvalue weighted by Crippen LogP contribution is 2.26. The van der Waals surface area contributed by atoms with Crippen molar-refractivity contribution in [1.82, 2.24) is 8.51 Å². The topological polar surface area (TPSA) is 43.4 Å². The number of nitrogens with zero attached hydrogens (tertiary/aromatic N) is 1. The van der Waals surface area contributed by atoms with E-state index in [0.29, 0.717) is 18.0 Å². The average molecular weight is 432 g/mol. The van der Waals surface area contributed by atoms with Crippen molar-refractivity contribution in [1.29, 1.82) is 0 Å². The third-order valence-corrected chi connectivity index (χ3v) is 3.72. The molecule has 1 N–H and O–H groups in total. The Morgan fingerprint density at radius 3 is 2.73 bits per heavy atom. The predicted molar refractivity (Wildman–Crippen MR) is 73.5 cm³/mol. The monoisotopic (exact) mass is 432 g/mol. The molecular formula is C9H10I2N2O2. The lowest BCUT2D eigenvalue weighted by atomic mass is 9.90. The van der Waals surface area contributed by atoms with Crippen LogP contribution in [0.2, 0.25) is 0 Å². The molecule has 0 saturated heterocycles. The van der Waals surface area contributed by atoms with Gasteiger partial charge in [0.2, 0.25) is 5.88 Å². The molecule has 2 rings (SSSR count). The predicted octanol–water partition coefficient (Wildman–Crippen LogP) is 2.66. The van der Waals surface area contributed by atoms with Crippen LogP contribution in [-0.2, 0) is 0 Å². The molecule has 6 heteroatoms. The second kappa shape index (κ2) is 5.48. The summed E-state index contributed by atoms with van der Waals surface area (Å²) in [5, 5.41) is 0. The highest BCUT2D eigenvalue weighted by Gasteiger charge is 2.30. The minimum atomic E-state index is 0.302. The summed E-state index contributed by atoms with van der Waals surface area (Å²) in [5.74, 6) is 1.41. The smallest absolute Gasteiger partial charge is 0.213 e. The first-order chi connectivity index (χ1) is 7.31. The first-order valence-electron chi connectivity index (χ1n) is 4.59. The van der Waals surface area contributed by atoms with Crippen LogP contribution < -0.4 is 11.3 Å². The van der Waals surface area contributed by atoms with Gasteiger partial charge in [0.1, 0.15) is 6.10 Å². The molecule has 1 aliphatic rings. The Balaban J connectivity index is 1.84. The summed E-state index contributed by atoms with van der Waals surface area (Å²) in [6.45, 7) is 0. The van der Waals surface area contributed by atoms with E-state index in [4.69, 9.17) is 7.80 Å². The fourth-order valence-corrected chi connectivity index (χ4v) is 2.17. The van der Waals surface area contributed by atoms with Crippen molar-refractivity contribution in [3.05, 3.63) is 18.3 Å². The van der Waals surface area contributed by atoms with Gasteiger partial charge in [-0.05, 0) is 6.07 Å². The molecular weight excluding hydrogens is 422 g/mol. The zero-order valence-corrected chi connectivity index (χ0v) is 12.1. The van der Waals surface area contributed by atoms with Crippen LogP contribution in [0.4, 0.5) is 0 Å². The van der Waals surface area contributed by atoms with E-state index in [1.807, 2.05) is 35.1 Å². The fourth-order valence-electron chi connectivity index (χ4n) is 1.40. The summed E-state index contributed by atoms with van der Waals surface area (Å²) in [7, 11) is 0. The first-order valence-corrected chi connectivity index (χ1v) is 6.55. The van der Waals surface area contributed by atoms with E-state index in [1.54, 1.807) is 6.20 Å². The molecule has 0 aliphatic heterocycles. The van der Waals surface area contributed by atoms with Crippen LogP contribution >= 0.6 is 45.9 Å². The maximum atomic E-state index is 5.67. The molecule has 1 heterocycles. The second-order valence-corrected chi connectivity index (χ2v) is 4.49. The zero-order valence-electron chi connectivity index (χ0n) is 7.82. The van der Waals surface area contributed by atoms with Crippen molar-refractivity contribution in [2.24, 2.45) is 0 Å². The van der Waals surface area contributed by atoms with E-state index in [0.717, 1.165) is 18.6 Å². The standard InChI is InChI=1S/C9H10I2N2O2/c10-13-6-3-8(4-6)14-9-2-1-7(15-11)5-12-9/h1-2,5-6,8,13H,3-4H2. The molecule has 0 amide bonds. The molecule has 0 spiro atoms. The summed E-state index contributed by atoms with van der Waals surface area (Å²) < 4.78 is 13.8. The van der Waals surface area contributed by atoms with Gasteiger partial charge < -0.3 is 7.80 Å². The van der Waals surface area contributed by atoms with E-state index in [9.17, 15) is 0 Å². The number of nitrogens with one attached hydrogen (secondary N) is 1. The van der Waals surface area contributed by atoms with Gasteiger partial charge in [0.25, 0.3) is 0 Å². The summed E-state index contributed by atoms with van der Waals surface area (Å²) in [5.41, 5.74) is 0. The lowest BCUT2D eigenvalue weighted by Gasteiger charge is -2.33. The Morgan fingerprint density at radius 1 is 1.40 bits per heavy atom. The largest absolute Gasteiger partial charge is 0.474 e. The lowest BCUT2D eigenvalue weighted by Crippen LogP contribution is -2.43. The van der Waals surface area contributed by atoms with Gasteiger partial charge in [-0.25, -0.2) is 4.98 Å². The van der Waals surface area contributed by atoms with E-state index >= 15 is 0 Å². The molecule has 1 fully saturated rings. The van der Waals surface area contributed by atoms with Crippen LogP contribution in [0, 0.1) is 0 Å². The van der Waals surface area contributed by atoms with Crippen LogP contribution in [0.5, 0.6) is 11.6 Å². The Labute approximate surface area is 116 Å². The molecule has 0 bridgehead atoms. The van der Waals surface area contributed by atoms with Gasteiger partial charge in [-0.3, -0.25) is 3.53 Å². The van der Waals surface area contributed by atoms with Crippen molar-refractivity contribution >= 4 is 45.9 Å². The minimum absolute atomic E-state index is 0.302. The van der Waals surface area contributed by atoms with Crippen LogP contribution in [0.25, 0.3) is 0 Å². The molecule has 1 aromatic rings. The van der Waals surface area contributed by atoms with Gasteiger partial charge in [0.15, 0.2) is 28.8 Å². The van der Waals surface area contributed by atoms with Gasteiger partial charge in [-0.15, -0.1) is 0 Å². The lowest BCUT2D eigenvalue weighted by molar-refractivity contribution is 0.0924. The molecule has 15 heavy (non-hydrogen) atoms. The van der Waals surface area contributed by atoms with Crippen molar-refractivity contribution in [3.8, 4) is 11.6 Å². The quantitative estimate of drug-likeness (QED) is 0.588. The van der Waals surface area contributed by atoms with E-state index < -0.39 is 0 Å². The average Bonchev–Trinajstić information content (AvgIpc) is 2.23. The van der Waals surface area contributed by atoms with Gasteiger partial charge in [-0.2, -0.15) is 0 Å². The van der Waals surface area contributed by atoms with Crippen molar-refractivity contribution in [2.75, 3.05) is 0 Å². The number of pyridine rings is 1. The first kappa shape index (κ1) is 11.6. The number of rotatable bonds is 4. The Kier molecular flexibility index (Phi) is 4.26. The SMILES string of the molecule is INC1CC(Oc2ccc(OI)cn2)C1. The van der Waals surface area contributed by atoms with Crippen LogP contribution in [0.1, 0.15) is 12.8 Å². The third kappa shape index (κ3) is 3.06. The van der Waals surface area contributed by atoms with E-state index in [-0.39, 0.29) is 0 Å². The third-order valence-electron chi connectivity index (χ3n) is 2.33. The number of ether oxygens (including phenoxy) is 1. The molecule has 0 aromatic carbocycles. The summed E-state index contributed by atoms with van der Waals surface area (Å²) in [4.78, 5) is 4.15. The maximum absolute atomic E-state index is 5.67. The summed E-state index contributed by atoms with van der Waals surface area (Å²) in [6.07, 6.45) is 4.06. The van der Waals surface area contributed by atoms with E-state index in [1.165, 1.54) is 0 Å². The fraction of sp³-hybridized carbons (Fsp3) is 0.444.